The molecule has 6 nitrogen and oxygen atoms in total. The number of nitrogens with one attached hydrogen (secondary N) is 2. The molecule has 0 radical (unpaired) electrons. The number of benzene rings is 2. The van der Waals surface area contributed by atoms with Gasteiger partial charge in [0.15, 0.2) is 5.82 Å². The molecule has 0 aliphatic heterocycles. The van der Waals surface area contributed by atoms with Crippen molar-refractivity contribution in [2.75, 3.05) is 24.3 Å². The van der Waals surface area contributed by atoms with Crippen LogP contribution in [0.15, 0.2) is 48.7 Å². The standard InChI is InChI=1S/C19H20ClN5O/c1-13-10-16(17(26-2)11-15(13)20)23-18-12-22-25-19(24-18)21-9-8-14-6-4-3-5-7-14/h3-7,10-12H,8-9H2,1-2H3,(H2,21,23,24,25). The molecule has 0 aliphatic carbocycles. The quantitative estimate of drug-likeness (QED) is 0.649. The Morgan fingerprint density at radius 2 is 1.96 bits per heavy atom. The molecular weight excluding hydrogens is 350 g/mol. The summed E-state index contributed by atoms with van der Waals surface area (Å²) in [4.78, 5) is 4.44. The highest BCUT2D eigenvalue weighted by molar-refractivity contribution is 6.31. The third kappa shape index (κ3) is 4.61. The van der Waals surface area contributed by atoms with Gasteiger partial charge in [0.25, 0.3) is 0 Å². The summed E-state index contributed by atoms with van der Waals surface area (Å²) < 4.78 is 5.37. The molecular formula is C19H20ClN5O. The van der Waals surface area contributed by atoms with Gasteiger partial charge in [-0.25, -0.2) is 0 Å². The largest absolute Gasteiger partial charge is 0.495 e. The second-order valence-electron chi connectivity index (χ2n) is 5.75. The lowest BCUT2D eigenvalue weighted by Crippen LogP contribution is -2.09. The molecule has 0 atom stereocenters. The van der Waals surface area contributed by atoms with Crippen LogP contribution in [0.1, 0.15) is 11.1 Å². The zero-order valence-electron chi connectivity index (χ0n) is 14.7. The first-order chi connectivity index (χ1) is 12.7. The molecule has 2 aromatic carbocycles. The van der Waals surface area contributed by atoms with Gasteiger partial charge in [-0.3, -0.25) is 0 Å². The first-order valence-corrected chi connectivity index (χ1v) is 8.62. The summed E-state index contributed by atoms with van der Waals surface area (Å²) in [6, 6.07) is 13.9. The molecule has 3 aromatic rings. The van der Waals surface area contributed by atoms with Crippen molar-refractivity contribution in [2.24, 2.45) is 0 Å². The van der Waals surface area contributed by atoms with Crippen molar-refractivity contribution in [3.8, 4) is 5.75 Å². The van der Waals surface area contributed by atoms with Crippen LogP contribution in [0.3, 0.4) is 0 Å². The van der Waals surface area contributed by atoms with Gasteiger partial charge in [-0.15, -0.1) is 5.10 Å². The molecule has 0 saturated heterocycles. The Morgan fingerprint density at radius 1 is 1.15 bits per heavy atom. The van der Waals surface area contributed by atoms with Gasteiger partial charge in [0.05, 0.1) is 19.0 Å². The van der Waals surface area contributed by atoms with Crippen LogP contribution in [0.25, 0.3) is 0 Å². The van der Waals surface area contributed by atoms with Crippen LogP contribution in [0, 0.1) is 6.92 Å². The highest BCUT2D eigenvalue weighted by Gasteiger charge is 2.09. The summed E-state index contributed by atoms with van der Waals surface area (Å²) in [6.45, 7) is 2.65. The number of aryl methyl sites for hydroxylation is 1. The number of hydrogen-bond donors (Lipinski definition) is 2. The average molecular weight is 370 g/mol. The smallest absolute Gasteiger partial charge is 0.244 e. The van der Waals surface area contributed by atoms with E-state index >= 15 is 0 Å². The molecule has 0 fully saturated rings. The van der Waals surface area contributed by atoms with E-state index in [4.69, 9.17) is 16.3 Å². The van der Waals surface area contributed by atoms with Gasteiger partial charge in [-0.1, -0.05) is 41.9 Å². The van der Waals surface area contributed by atoms with E-state index in [0.717, 1.165) is 24.2 Å². The maximum atomic E-state index is 6.14. The molecule has 3 rings (SSSR count). The number of aromatic nitrogens is 3. The van der Waals surface area contributed by atoms with Gasteiger partial charge < -0.3 is 15.4 Å². The van der Waals surface area contributed by atoms with Gasteiger partial charge in [0, 0.05) is 17.6 Å². The monoisotopic (exact) mass is 369 g/mol. The molecule has 0 spiro atoms. The number of ether oxygens (including phenoxy) is 1. The lowest BCUT2D eigenvalue weighted by Gasteiger charge is -2.13. The fourth-order valence-corrected chi connectivity index (χ4v) is 2.62. The lowest BCUT2D eigenvalue weighted by atomic mass is 10.1. The van der Waals surface area contributed by atoms with Crippen LogP contribution in [-0.4, -0.2) is 28.8 Å². The minimum atomic E-state index is 0.468. The fourth-order valence-electron chi connectivity index (χ4n) is 2.47. The van der Waals surface area contributed by atoms with Crippen molar-refractivity contribution >= 4 is 29.1 Å². The van der Waals surface area contributed by atoms with E-state index in [2.05, 4.69) is 37.9 Å². The highest BCUT2D eigenvalue weighted by Crippen LogP contribution is 2.32. The number of halogens is 1. The fraction of sp³-hybridized carbons (Fsp3) is 0.211. The van der Waals surface area contributed by atoms with Crippen molar-refractivity contribution < 1.29 is 4.74 Å². The van der Waals surface area contributed by atoms with E-state index in [1.165, 1.54) is 5.56 Å². The first kappa shape index (κ1) is 17.9. The maximum Gasteiger partial charge on any atom is 0.244 e. The Kier molecular flexibility index (Phi) is 5.86. The average Bonchev–Trinajstić information content (AvgIpc) is 2.66. The van der Waals surface area contributed by atoms with E-state index in [-0.39, 0.29) is 0 Å². The summed E-state index contributed by atoms with van der Waals surface area (Å²) in [5.74, 6) is 1.68. The molecule has 1 aromatic heterocycles. The molecule has 0 bridgehead atoms. The van der Waals surface area contributed by atoms with Crippen molar-refractivity contribution in [2.45, 2.75) is 13.3 Å². The van der Waals surface area contributed by atoms with Crippen LogP contribution < -0.4 is 15.4 Å². The van der Waals surface area contributed by atoms with Crippen LogP contribution in [0.5, 0.6) is 5.75 Å². The minimum Gasteiger partial charge on any atom is -0.495 e. The molecule has 0 amide bonds. The third-order valence-corrected chi connectivity index (χ3v) is 4.25. The van der Waals surface area contributed by atoms with Crippen molar-refractivity contribution in [1.29, 1.82) is 0 Å². The minimum absolute atomic E-state index is 0.468. The van der Waals surface area contributed by atoms with Crippen LogP contribution in [0.2, 0.25) is 5.02 Å². The first-order valence-electron chi connectivity index (χ1n) is 8.24. The van der Waals surface area contributed by atoms with Crippen molar-refractivity contribution in [1.82, 2.24) is 15.2 Å². The normalized spacial score (nSPS) is 10.4. The number of anilines is 3. The summed E-state index contributed by atoms with van der Waals surface area (Å²) in [5, 5.41) is 15.1. The Balaban J connectivity index is 1.67. The van der Waals surface area contributed by atoms with E-state index in [0.29, 0.717) is 22.5 Å². The Bertz CT molecular complexity index is 873. The predicted octanol–water partition coefficient (Wildman–Crippen LogP) is 4.24. The lowest BCUT2D eigenvalue weighted by molar-refractivity contribution is 0.416. The van der Waals surface area contributed by atoms with Crippen LogP contribution in [0.4, 0.5) is 17.5 Å². The summed E-state index contributed by atoms with van der Waals surface area (Å²) in [7, 11) is 1.60. The van der Waals surface area contributed by atoms with Gasteiger partial charge >= 0.3 is 0 Å². The third-order valence-electron chi connectivity index (χ3n) is 3.84. The Labute approximate surface area is 157 Å². The number of methoxy groups -OCH3 is 1. The topological polar surface area (TPSA) is 72.0 Å². The van der Waals surface area contributed by atoms with Crippen molar-refractivity contribution in [3.63, 3.8) is 0 Å². The Hall–Kier alpha value is -2.86. The van der Waals surface area contributed by atoms with Crippen LogP contribution in [-0.2, 0) is 6.42 Å². The molecule has 134 valence electrons. The number of rotatable bonds is 7. The van der Waals surface area contributed by atoms with E-state index < -0.39 is 0 Å². The molecule has 0 saturated carbocycles. The maximum absolute atomic E-state index is 6.14. The van der Waals surface area contributed by atoms with Crippen LogP contribution >= 0.6 is 11.6 Å². The summed E-state index contributed by atoms with van der Waals surface area (Å²) in [5.41, 5.74) is 2.96. The Morgan fingerprint density at radius 3 is 2.73 bits per heavy atom. The zero-order valence-corrected chi connectivity index (χ0v) is 15.4. The van der Waals surface area contributed by atoms with Gasteiger partial charge in [0.2, 0.25) is 5.95 Å². The predicted molar refractivity (Wildman–Crippen MR) is 104 cm³/mol. The molecule has 7 heteroatoms. The SMILES string of the molecule is COc1cc(Cl)c(C)cc1Nc1cnnc(NCCc2ccccc2)n1. The molecule has 1 heterocycles. The van der Waals surface area contributed by atoms with Gasteiger partial charge in [0.1, 0.15) is 5.75 Å². The highest BCUT2D eigenvalue weighted by atomic mass is 35.5. The van der Waals surface area contributed by atoms with Gasteiger partial charge in [-0.05, 0) is 30.5 Å². The number of nitrogens with zero attached hydrogens (tertiary/aromatic N) is 3. The molecule has 0 unspecified atom stereocenters. The molecule has 26 heavy (non-hydrogen) atoms. The molecule has 2 N–H and O–H groups in total. The van der Waals surface area contributed by atoms with E-state index in [1.54, 1.807) is 19.4 Å². The van der Waals surface area contributed by atoms with Crippen molar-refractivity contribution in [3.05, 3.63) is 64.8 Å². The van der Waals surface area contributed by atoms with E-state index in [1.807, 2.05) is 31.2 Å². The van der Waals surface area contributed by atoms with Gasteiger partial charge in [-0.2, -0.15) is 10.1 Å². The summed E-state index contributed by atoms with van der Waals surface area (Å²) in [6.07, 6.45) is 2.44. The zero-order chi connectivity index (χ0) is 18.4. The molecule has 0 aliphatic rings. The second-order valence-corrected chi connectivity index (χ2v) is 6.16. The second kappa shape index (κ2) is 8.49. The summed E-state index contributed by atoms with van der Waals surface area (Å²) >= 11 is 6.14. The number of hydrogen-bond acceptors (Lipinski definition) is 6. The van der Waals surface area contributed by atoms with E-state index in [9.17, 15) is 0 Å².